The Labute approximate surface area is 165 Å². The summed E-state index contributed by atoms with van der Waals surface area (Å²) in [7, 11) is 0. The molecule has 1 amide bonds. The Morgan fingerprint density at radius 2 is 1.96 bits per heavy atom. The normalized spacial score (nSPS) is 10.8. The van der Waals surface area contributed by atoms with Crippen molar-refractivity contribution in [2.75, 3.05) is 5.32 Å². The Hall–Kier alpha value is -3.45. The molecular formula is C21H17N3O3S. The van der Waals surface area contributed by atoms with Gasteiger partial charge < -0.3 is 10.1 Å². The smallest absolute Gasteiger partial charge is 0.258 e. The summed E-state index contributed by atoms with van der Waals surface area (Å²) < 4.78 is 7.30. The number of rotatable bonds is 5. The first kappa shape index (κ1) is 17.9. The van der Waals surface area contributed by atoms with Crippen molar-refractivity contribution in [3.05, 3.63) is 93.3 Å². The molecule has 0 saturated carbocycles. The number of hydrogen-bond acceptors (Lipinski definition) is 5. The molecule has 6 nitrogen and oxygen atoms in total. The summed E-state index contributed by atoms with van der Waals surface area (Å²) in [6.45, 7) is 2.10. The van der Waals surface area contributed by atoms with Crippen molar-refractivity contribution in [1.82, 2.24) is 9.38 Å². The summed E-state index contributed by atoms with van der Waals surface area (Å²) in [5.74, 6) is 0.390. The van der Waals surface area contributed by atoms with Crippen molar-refractivity contribution in [3.63, 3.8) is 0 Å². The lowest BCUT2D eigenvalue weighted by Gasteiger charge is -2.09. The number of anilines is 1. The van der Waals surface area contributed by atoms with Crippen molar-refractivity contribution in [2.45, 2.75) is 13.5 Å². The van der Waals surface area contributed by atoms with Gasteiger partial charge in [0.05, 0.1) is 5.69 Å². The zero-order chi connectivity index (χ0) is 19.5. The predicted molar refractivity (Wildman–Crippen MR) is 109 cm³/mol. The monoisotopic (exact) mass is 391 g/mol. The molecule has 4 rings (SSSR count). The third-order valence-electron chi connectivity index (χ3n) is 4.05. The van der Waals surface area contributed by atoms with E-state index in [-0.39, 0.29) is 18.1 Å². The van der Waals surface area contributed by atoms with Gasteiger partial charge in [0.25, 0.3) is 11.5 Å². The summed E-state index contributed by atoms with van der Waals surface area (Å²) in [4.78, 5) is 30.6. The van der Waals surface area contributed by atoms with Crippen LogP contribution in [-0.4, -0.2) is 15.3 Å². The fourth-order valence-corrected chi connectivity index (χ4v) is 3.60. The van der Waals surface area contributed by atoms with E-state index in [2.05, 4.69) is 10.3 Å². The molecule has 0 aliphatic carbocycles. The van der Waals surface area contributed by atoms with E-state index in [0.29, 0.717) is 27.7 Å². The number of nitrogens with one attached hydrogen (secondary N) is 1. The number of thiazole rings is 1. The number of ether oxygens (including phenoxy) is 1. The summed E-state index contributed by atoms with van der Waals surface area (Å²) in [6.07, 6.45) is 1.78. The second-order valence-corrected chi connectivity index (χ2v) is 7.43. The van der Waals surface area contributed by atoms with E-state index in [1.165, 1.54) is 21.8 Å². The van der Waals surface area contributed by atoms with Crippen LogP contribution in [0.15, 0.2) is 71.7 Å². The van der Waals surface area contributed by atoms with Crippen molar-refractivity contribution < 1.29 is 9.53 Å². The van der Waals surface area contributed by atoms with Gasteiger partial charge in [-0.1, -0.05) is 24.3 Å². The molecule has 0 saturated heterocycles. The Bertz CT molecular complexity index is 1200. The number of benzene rings is 2. The molecule has 0 unspecified atom stereocenters. The Balaban J connectivity index is 1.46. The zero-order valence-electron chi connectivity index (χ0n) is 15.1. The molecule has 2 aromatic carbocycles. The Kier molecular flexibility index (Phi) is 4.90. The van der Waals surface area contributed by atoms with Gasteiger partial charge in [-0.15, -0.1) is 11.3 Å². The lowest BCUT2D eigenvalue weighted by molar-refractivity contribution is 0.102. The van der Waals surface area contributed by atoms with Gasteiger partial charge in [0, 0.05) is 34.5 Å². The average Bonchev–Trinajstić information content (AvgIpc) is 3.08. The fourth-order valence-electron chi connectivity index (χ4n) is 2.75. The van der Waals surface area contributed by atoms with Gasteiger partial charge in [0.1, 0.15) is 12.4 Å². The number of carbonyl (C=O) groups excluding carboxylic acids is 1. The molecule has 28 heavy (non-hydrogen) atoms. The van der Waals surface area contributed by atoms with E-state index in [1.54, 1.807) is 42.6 Å². The minimum Gasteiger partial charge on any atom is -0.487 e. The highest BCUT2D eigenvalue weighted by Crippen LogP contribution is 2.19. The molecule has 0 bridgehead atoms. The van der Waals surface area contributed by atoms with Crippen LogP contribution >= 0.6 is 11.3 Å². The van der Waals surface area contributed by atoms with Crippen molar-refractivity contribution in [3.8, 4) is 5.75 Å². The molecule has 7 heteroatoms. The van der Waals surface area contributed by atoms with Gasteiger partial charge in [-0.05, 0) is 31.2 Å². The number of nitrogens with zero attached hydrogens (tertiary/aromatic N) is 2. The molecular weight excluding hydrogens is 374 g/mol. The number of amides is 1. The first-order valence-electron chi connectivity index (χ1n) is 8.66. The van der Waals surface area contributed by atoms with Crippen LogP contribution in [0.25, 0.3) is 4.96 Å². The highest BCUT2D eigenvalue weighted by Gasteiger charge is 2.08. The minimum absolute atomic E-state index is 0.128. The number of hydrogen-bond donors (Lipinski definition) is 1. The summed E-state index contributed by atoms with van der Waals surface area (Å²) in [5, 5.41) is 2.85. The number of fused-ring (bicyclic) bond motifs is 1. The molecule has 0 aliphatic heterocycles. The predicted octanol–water partition coefficient (Wildman–Crippen LogP) is 3.90. The molecule has 2 heterocycles. The summed E-state index contributed by atoms with van der Waals surface area (Å²) in [6, 6.07) is 17.6. The highest BCUT2D eigenvalue weighted by atomic mass is 32.1. The Morgan fingerprint density at radius 1 is 1.14 bits per heavy atom. The van der Waals surface area contributed by atoms with Crippen LogP contribution in [0.2, 0.25) is 0 Å². The minimum atomic E-state index is -0.189. The van der Waals surface area contributed by atoms with Crippen LogP contribution in [-0.2, 0) is 6.61 Å². The SMILES string of the molecule is Cc1cn2c(=O)cc(COc3cccc(NC(=O)c4ccccc4)c3)nc2s1. The van der Waals surface area contributed by atoms with Gasteiger partial charge in [0.2, 0.25) is 0 Å². The standard InChI is InChI=1S/C21H17N3O3S/c1-14-12-24-19(25)11-17(23-21(24)28-14)13-27-18-9-5-8-16(10-18)22-20(26)15-6-3-2-4-7-15/h2-12H,13H2,1H3,(H,22,26). The van der Waals surface area contributed by atoms with Crippen LogP contribution in [0.4, 0.5) is 5.69 Å². The number of aromatic nitrogens is 2. The van der Waals surface area contributed by atoms with E-state index >= 15 is 0 Å². The first-order chi connectivity index (χ1) is 13.6. The van der Waals surface area contributed by atoms with Crippen LogP contribution in [0.5, 0.6) is 5.75 Å². The van der Waals surface area contributed by atoms with Crippen LogP contribution in [0.3, 0.4) is 0 Å². The van der Waals surface area contributed by atoms with E-state index in [4.69, 9.17) is 4.74 Å². The maximum absolute atomic E-state index is 12.3. The largest absolute Gasteiger partial charge is 0.487 e. The van der Waals surface area contributed by atoms with Crippen LogP contribution in [0.1, 0.15) is 20.9 Å². The zero-order valence-corrected chi connectivity index (χ0v) is 15.9. The average molecular weight is 391 g/mol. The highest BCUT2D eigenvalue weighted by molar-refractivity contribution is 7.16. The van der Waals surface area contributed by atoms with Crippen LogP contribution in [0, 0.1) is 6.92 Å². The number of carbonyl (C=O) groups is 1. The second kappa shape index (κ2) is 7.66. The fraction of sp³-hybridized carbons (Fsp3) is 0.0952. The molecule has 140 valence electrons. The lowest BCUT2D eigenvalue weighted by Crippen LogP contribution is -2.14. The molecule has 4 aromatic rings. The summed E-state index contributed by atoms with van der Waals surface area (Å²) in [5.41, 5.74) is 1.64. The molecule has 0 atom stereocenters. The quantitative estimate of drug-likeness (QED) is 0.560. The van der Waals surface area contributed by atoms with Crippen molar-refractivity contribution >= 4 is 27.9 Å². The first-order valence-corrected chi connectivity index (χ1v) is 9.48. The molecule has 0 spiro atoms. The summed E-state index contributed by atoms with van der Waals surface area (Å²) >= 11 is 1.46. The molecule has 1 N–H and O–H groups in total. The maximum Gasteiger partial charge on any atom is 0.258 e. The molecule has 2 aromatic heterocycles. The topological polar surface area (TPSA) is 72.7 Å². The Morgan fingerprint density at radius 3 is 2.79 bits per heavy atom. The van der Waals surface area contributed by atoms with Gasteiger partial charge in [-0.25, -0.2) is 4.98 Å². The van der Waals surface area contributed by atoms with Crippen LogP contribution < -0.4 is 15.6 Å². The lowest BCUT2D eigenvalue weighted by atomic mass is 10.2. The van der Waals surface area contributed by atoms with Gasteiger partial charge in [0.15, 0.2) is 4.96 Å². The third kappa shape index (κ3) is 3.94. The molecule has 0 radical (unpaired) electrons. The molecule has 0 fully saturated rings. The second-order valence-electron chi connectivity index (χ2n) is 6.22. The van der Waals surface area contributed by atoms with Crippen molar-refractivity contribution in [2.24, 2.45) is 0 Å². The van der Waals surface area contributed by atoms with Gasteiger partial charge in [-0.2, -0.15) is 0 Å². The van der Waals surface area contributed by atoms with Gasteiger partial charge in [-0.3, -0.25) is 14.0 Å². The third-order valence-corrected chi connectivity index (χ3v) is 4.95. The van der Waals surface area contributed by atoms with E-state index in [0.717, 1.165) is 4.88 Å². The molecule has 0 aliphatic rings. The van der Waals surface area contributed by atoms with Crippen molar-refractivity contribution in [1.29, 1.82) is 0 Å². The van der Waals surface area contributed by atoms with E-state index in [1.807, 2.05) is 25.1 Å². The maximum atomic E-state index is 12.3. The van der Waals surface area contributed by atoms with E-state index in [9.17, 15) is 9.59 Å². The van der Waals surface area contributed by atoms with Gasteiger partial charge >= 0.3 is 0 Å². The van der Waals surface area contributed by atoms with E-state index < -0.39 is 0 Å². The number of aryl methyl sites for hydroxylation is 1.